The maximum atomic E-state index is 13.5. The molecule has 0 bridgehead atoms. The number of nitrogens with zero attached hydrogens (tertiary/aromatic N) is 1. The van der Waals surface area contributed by atoms with Gasteiger partial charge >= 0.3 is 41.8 Å². The van der Waals surface area contributed by atoms with Crippen molar-refractivity contribution in [1.29, 1.82) is 0 Å². The highest BCUT2D eigenvalue weighted by molar-refractivity contribution is 5.72. The minimum Gasteiger partial charge on any atom is -0.465 e. The lowest BCUT2D eigenvalue weighted by Gasteiger charge is -2.29. The van der Waals surface area contributed by atoms with E-state index in [0.717, 1.165) is 77.0 Å². The number of hydrogen-bond donors (Lipinski definition) is 0. The van der Waals surface area contributed by atoms with Crippen molar-refractivity contribution < 1.29 is 66.7 Å². The normalized spacial score (nSPS) is 25.6. The number of esters is 7. The van der Waals surface area contributed by atoms with Crippen molar-refractivity contribution in [3.63, 3.8) is 0 Å². The fraction of sp³-hybridized carbons (Fsp3) is 0.889. The predicted octanol–water partition coefficient (Wildman–Crippen LogP) is 12.5. The summed E-state index contributed by atoms with van der Waals surface area (Å²) in [5, 5.41) is 0. The Labute approximate surface area is 470 Å². The Balaban J connectivity index is 1.33. The molecule has 0 saturated heterocycles. The van der Waals surface area contributed by atoms with Gasteiger partial charge in [0.05, 0.1) is 10.8 Å². The largest absolute Gasteiger partial charge is 0.465 e. The van der Waals surface area contributed by atoms with Gasteiger partial charge in [-0.25, -0.2) is 0 Å². The Morgan fingerprint density at radius 2 is 0.615 bits per heavy atom. The van der Waals surface area contributed by atoms with Crippen LogP contribution >= 0.6 is 0 Å². The highest BCUT2D eigenvalue weighted by Gasteiger charge is 2.34. The van der Waals surface area contributed by atoms with Crippen LogP contribution in [-0.4, -0.2) is 113 Å². The highest BCUT2D eigenvalue weighted by Crippen LogP contribution is 2.35. The van der Waals surface area contributed by atoms with Gasteiger partial charge in [-0.05, 0) is 127 Å². The third-order valence-corrected chi connectivity index (χ3v) is 17.7. The standard InChI is InChI=1S/C63H107NO14/c1-46-11-19-50(20-12-46)27-33-55(65)72-40-62(5,41-73-56(66)34-28-51-21-13-47(2)14-22-51)44-76-59(69)37-31-54(78-61(71)10-9-39-64(7)8)32-38-60(70)77-45-63(6,42-74-57(67)35-29-52-23-15-48(3)16-24-52)43-75-58(68)36-30-53-25-17-49(4)18-26-53/h46-54H,9-45H2,1-8H3. The van der Waals surface area contributed by atoms with Gasteiger partial charge in [-0.2, -0.15) is 0 Å². The quantitative estimate of drug-likeness (QED) is 0.0430. The molecule has 0 atom stereocenters. The summed E-state index contributed by atoms with van der Waals surface area (Å²) in [6.45, 7) is 12.5. The molecule has 15 heteroatoms. The van der Waals surface area contributed by atoms with Crippen LogP contribution in [0.25, 0.3) is 0 Å². The zero-order valence-corrected chi connectivity index (χ0v) is 50.0. The molecule has 0 amide bonds. The molecule has 4 aliphatic carbocycles. The van der Waals surface area contributed by atoms with E-state index in [1.807, 2.05) is 19.0 Å². The van der Waals surface area contributed by atoms with Crippen LogP contribution in [0.3, 0.4) is 0 Å². The fourth-order valence-electron chi connectivity index (χ4n) is 11.6. The summed E-state index contributed by atoms with van der Waals surface area (Å²) in [5.74, 6) is 1.88. The third-order valence-electron chi connectivity index (χ3n) is 17.7. The molecule has 0 radical (unpaired) electrons. The summed E-state index contributed by atoms with van der Waals surface area (Å²) in [7, 11) is 3.83. The minimum atomic E-state index is -1.02. The van der Waals surface area contributed by atoms with Crippen LogP contribution in [0.15, 0.2) is 0 Å². The summed E-state index contributed by atoms with van der Waals surface area (Å²) in [6, 6.07) is 0. The zero-order chi connectivity index (χ0) is 56.9. The van der Waals surface area contributed by atoms with Crippen molar-refractivity contribution in [2.24, 2.45) is 58.2 Å². The molecule has 4 aliphatic rings. The van der Waals surface area contributed by atoms with E-state index in [1.165, 1.54) is 51.4 Å². The van der Waals surface area contributed by atoms with E-state index in [1.54, 1.807) is 13.8 Å². The SMILES string of the molecule is CC1CCC(CCC(=O)OCC(C)(COC(=O)CCC2CCC(C)CC2)COC(=O)CCC(CCC(=O)OCC(C)(COC(=O)CCC2CCC(C)CC2)COC(=O)CCC2CCC(C)CC2)OC(=O)CCCN(C)C)CC1. The Kier molecular flexibility index (Phi) is 30.7. The van der Waals surface area contributed by atoms with Crippen molar-refractivity contribution in [1.82, 2.24) is 4.90 Å². The first-order valence-corrected chi connectivity index (χ1v) is 30.9. The molecular weight excluding hydrogens is 995 g/mol. The van der Waals surface area contributed by atoms with Crippen LogP contribution in [0, 0.1) is 58.2 Å². The van der Waals surface area contributed by atoms with Gasteiger partial charge in [0.1, 0.15) is 45.7 Å². The van der Waals surface area contributed by atoms with E-state index < -0.39 is 34.8 Å². The van der Waals surface area contributed by atoms with Crippen molar-refractivity contribution in [2.75, 3.05) is 60.3 Å². The Hall–Kier alpha value is -3.75. The molecule has 0 aromatic heterocycles. The van der Waals surface area contributed by atoms with Crippen LogP contribution in [0.2, 0.25) is 0 Å². The maximum Gasteiger partial charge on any atom is 0.306 e. The average molecular weight is 1100 g/mol. The minimum absolute atomic E-state index is 0.0650. The van der Waals surface area contributed by atoms with E-state index >= 15 is 0 Å². The van der Waals surface area contributed by atoms with Gasteiger partial charge in [0.25, 0.3) is 0 Å². The molecule has 0 aliphatic heterocycles. The second kappa shape index (κ2) is 35.9. The number of carbonyl (C=O) groups is 7. The third kappa shape index (κ3) is 29.1. The summed E-state index contributed by atoms with van der Waals surface area (Å²) in [4.78, 5) is 94.2. The predicted molar refractivity (Wildman–Crippen MR) is 300 cm³/mol. The van der Waals surface area contributed by atoms with Gasteiger partial charge in [-0.15, -0.1) is 0 Å². The summed E-state index contributed by atoms with van der Waals surface area (Å²) in [5.41, 5.74) is -2.03. The van der Waals surface area contributed by atoms with Crippen molar-refractivity contribution in [2.45, 2.75) is 240 Å². The lowest BCUT2D eigenvalue weighted by molar-refractivity contribution is -0.163. The molecule has 0 spiro atoms. The number of hydrogen-bond acceptors (Lipinski definition) is 15. The second-order valence-electron chi connectivity index (χ2n) is 26.3. The molecule has 0 aromatic rings. The second-order valence-corrected chi connectivity index (χ2v) is 26.3. The van der Waals surface area contributed by atoms with Crippen molar-refractivity contribution >= 4 is 41.8 Å². The first kappa shape index (κ1) is 66.8. The summed E-state index contributed by atoms with van der Waals surface area (Å²) < 4.78 is 40.6. The van der Waals surface area contributed by atoms with Crippen LogP contribution in [0.4, 0.5) is 0 Å². The number of carbonyl (C=O) groups excluding carboxylic acids is 7. The Morgan fingerprint density at radius 3 is 0.859 bits per heavy atom. The number of rotatable bonds is 35. The van der Waals surface area contributed by atoms with E-state index in [-0.39, 0.29) is 95.6 Å². The zero-order valence-electron chi connectivity index (χ0n) is 50.0. The van der Waals surface area contributed by atoms with Crippen molar-refractivity contribution in [3.8, 4) is 0 Å². The van der Waals surface area contributed by atoms with Gasteiger partial charge in [0, 0.05) is 44.9 Å². The lowest BCUT2D eigenvalue weighted by Crippen LogP contribution is -2.37. The van der Waals surface area contributed by atoms with Gasteiger partial charge < -0.3 is 38.1 Å². The molecule has 448 valence electrons. The van der Waals surface area contributed by atoms with Gasteiger partial charge in [0.15, 0.2) is 0 Å². The summed E-state index contributed by atoms with van der Waals surface area (Å²) in [6.07, 6.45) is 22.2. The Bertz CT molecular complexity index is 1590. The fourth-order valence-corrected chi connectivity index (χ4v) is 11.6. The van der Waals surface area contributed by atoms with Crippen LogP contribution in [-0.2, 0) is 66.7 Å². The molecule has 15 nitrogen and oxygen atoms in total. The highest BCUT2D eigenvalue weighted by atomic mass is 16.6. The van der Waals surface area contributed by atoms with Crippen LogP contribution in [0.1, 0.15) is 234 Å². The smallest absolute Gasteiger partial charge is 0.306 e. The summed E-state index contributed by atoms with van der Waals surface area (Å²) >= 11 is 0. The van der Waals surface area contributed by atoms with E-state index in [4.69, 9.17) is 33.2 Å². The van der Waals surface area contributed by atoms with E-state index in [2.05, 4.69) is 27.7 Å². The molecule has 4 saturated carbocycles. The average Bonchev–Trinajstić information content (AvgIpc) is 3.41. The van der Waals surface area contributed by atoms with Gasteiger partial charge in [0.2, 0.25) is 0 Å². The molecule has 0 aromatic carbocycles. The molecular formula is C63H107NO14. The van der Waals surface area contributed by atoms with E-state index in [9.17, 15) is 33.6 Å². The van der Waals surface area contributed by atoms with Crippen molar-refractivity contribution in [3.05, 3.63) is 0 Å². The van der Waals surface area contributed by atoms with Gasteiger partial charge in [-0.1, -0.05) is 130 Å². The number of ether oxygens (including phenoxy) is 7. The molecule has 0 heterocycles. The molecule has 4 fully saturated rings. The van der Waals surface area contributed by atoms with E-state index in [0.29, 0.717) is 86.0 Å². The monoisotopic (exact) mass is 1100 g/mol. The lowest BCUT2D eigenvalue weighted by atomic mass is 9.81. The van der Waals surface area contributed by atoms with Crippen LogP contribution < -0.4 is 0 Å². The molecule has 0 N–H and O–H groups in total. The molecule has 78 heavy (non-hydrogen) atoms. The van der Waals surface area contributed by atoms with Gasteiger partial charge in [-0.3, -0.25) is 33.6 Å². The molecule has 4 rings (SSSR count). The first-order chi connectivity index (χ1) is 37.1. The maximum absolute atomic E-state index is 13.5. The van der Waals surface area contributed by atoms with Crippen LogP contribution in [0.5, 0.6) is 0 Å². The Morgan fingerprint density at radius 1 is 0.372 bits per heavy atom. The topological polar surface area (TPSA) is 187 Å². The molecule has 0 unspecified atom stereocenters. The first-order valence-electron chi connectivity index (χ1n) is 30.9.